The Kier molecular flexibility index (Phi) is 2.00. The lowest BCUT2D eigenvalue weighted by Gasteiger charge is -2.28. The SMILES string of the molecule is Cc1nnc(Cl)c2c1N(C)CCO2. The van der Waals surface area contributed by atoms with Crippen molar-refractivity contribution in [2.45, 2.75) is 6.92 Å². The molecule has 70 valence electrons. The van der Waals surface area contributed by atoms with E-state index in [1.807, 2.05) is 14.0 Å². The Morgan fingerprint density at radius 2 is 2.23 bits per heavy atom. The number of aryl methyl sites for hydroxylation is 1. The molecule has 0 aliphatic carbocycles. The van der Waals surface area contributed by atoms with Crippen molar-refractivity contribution in [2.75, 3.05) is 25.1 Å². The molecule has 0 aromatic carbocycles. The zero-order valence-electron chi connectivity index (χ0n) is 7.54. The average Bonchev–Trinajstić information content (AvgIpc) is 2.12. The summed E-state index contributed by atoms with van der Waals surface area (Å²) in [6.07, 6.45) is 0. The lowest BCUT2D eigenvalue weighted by Crippen LogP contribution is -2.30. The normalized spacial score (nSPS) is 15.2. The second kappa shape index (κ2) is 3.03. The van der Waals surface area contributed by atoms with Gasteiger partial charge in [-0.3, -0.25) is 0 Å². The third-order valence-electron chi connectivity index (χ3n) is 2.09. The molecule has 5 heteroatoms. The maximum atomic E-state index is 5.85. The van der Waals surface area contributed by atoms with E-state index in [4.69, 9.17) is 16.3 Å². The Bertz CT molecular complexity index is 342. The van der Waals surface area contributed by atoms with Gasteiger partial charge in [-0.2, -0.15) is 5.10 Å². The number of rotatable bonds is 0. The van der Waals surface area contributed by atoms with Crippen LogP contribution in [0.3, 0.4) is 0 Å². The van der Waals surface area contributed by atoms with Crippen molar-refractivity contribution < 1.29 is 4.74 Å². The lowest BCUT2D eigenvalue weighted by atomic mass is 10.2. The van der Waals surface area contributed by atoms with Gasteiger partial charge in [-0.05, 0) is 6.92 Å². The highest BCUT2D eigenvalue weighted by Crippen LogP contribution is 2.36. The van der Waals surface area contributed by atoms with E-state index in [2.05, 4.69) is 15.1 Å². The van der Waals surface area contributed by atoms with E-state index in [0.29, 0.717) is 17.5 Å². The van der Waals surface area contributed by atoms with Crippen LogP contribution in [0.1, 0.15) is 5.69 Å². The molecule has 0 radical (unpaired) electrons. The molecule has 0 N–H and O–H groups in total. The summed E-state index contributed by atoms with van der Waals surface area (Å²) >= 11 is 5.85. The molecule has 4 nitrogen and oxygen atoms in total. The van der Waals surface area contributed by atoms with Gasteiger partial charge < -0.3 is 9.64 Å². The first-order valence-electron chi connectivity index (χ1n) is 4.07. The first-order chi connectivity index (χ1) is 6.20. The molecule has 0 saturated carbocycles. The second-order valence-corrected chi connectivity index (χ2v) is 3.38. The van der Waals surface area contributed by atoms with Crippen LogP contribution in [0.5, 0.6) is 5.75 Å². The maximum Gasteiger partial charge on any atom is 0.195 e. The predicted molar refractivity (Wildman–Crippen MR) is 50.5 cm³/mol. The van der Waals surface area contributed by atoms with Crippen molar-refractivity contribution in [1.82, 2.24) is 10.2 Å². The summed E-state index contributed by atoms with van der Waals surface area (Å²) in [4.78, 5) is 2.08. The molecule has 13 heavy (non-hydrogen) atoms. The molecule has 0 fully saturated rings. The molecule has 0 unspecified atom stereocenters. The van der Waals surface area contributed by atoms with Gasteiger partial charge in [-0.25, -0.2) is 0 Å². The molecule has 1 aliphatic rings. The van der Waals surface area contributed by atoms with Gasteiger partial charge in [0, 0.05) is 7.05 Å². The Balaban J connectivity index is 2.60. The molecule has 2 heterocycles. The molecule has 2 rings (SSSR count). The largest absolute Gasteiger partial charge is 0.486 e. The van der Waals surface area contributed by atoms with Crippen molar-refractivity contribution in [1.29, 1.82) is 0 Å². The maximum absolute atomic E-state index is 5.85. The smallest absolute Gasteiger partial charge is 0.195 e. The first-order valence-corrected chi connectivity index (χ1v) is 4.44. The number of nitrogens with zero attached hydrogens (tertiary/aromatic N) is 3. The van der Waals surface area contributed by atoms with Crippen molar-refractivity contribution in [2.24, 2.45) is 0 Å². The van der Waals surface area contributed by atoms with Crippen molar-refractivity contribution in [3.8, 4) is 5.75 Å². The molecule has 0 spiro atoms. The molecule has 1 aliphatic heterocycles. The number of hydrogen-bond acceptors (Lipinski definition) is 4. The van der Waals surface area contributed by atoms with Crippen LogP contribution in [-0.2, 0) is 0 Å². The lowest BCUT2D eigenvalue weighted by molar-refractivity contribution is 0.308. The average molecular weight is 200 g/mol. The van der Waals surface area contributed by atoms with E-state index in [9.17, 15) is 0 Å². The highest BCUT2D eigenvalue weighted by atomic mass is 35.5. The molecule has 0 atom stereocenters. The molecular formula is C8H10ClN3O. The van der Waals surface area contributed by atoms with Gasteiger partial charge >= 0.3 is 0 Å². The van der Waals surface area contributed by atoms with E-state index in [1.165, 1.54) is 0 Å². The van der Waals surface area contributed by atoms with Gasteiger partial charge in [-0.15, -0.1) is 5.10 Å². The van der Waals surface area contributed by atoms with Crippen LogP contribution in [0.2, 0.25) is 5.15 Å². The topological polar surface area (TPSA) is 38.2 Å². The fraction of sp³-hybridized carbons (Fsp3) is 0.500. The first kappa shape index (κ1) is 8.56. The van der Waals surface area contributed by atoms with Crippen molar-refractivity contribution in [3.05, 3.63) is 10.8 Å². The molecule has 0 bridgehead atoms. The minimum atomic E-state index is 0.340. The highest BCUT2D eigenvalue weighted by molar-refractivity contribution is 6.31. The zero-order chi connectivity index (χ0) is 9.42. The number of hydrogen-bond donors (Lipinski definition) is 0. The number of halogens is 1. The molecule has 1 aromatic heterocycles. The molecule has 0 saturated heterocycles. The number of ether oxygens (including phenoxy) is 1. The number of likely N-dealkylation sites (N-methyl/N-ethyl adjacent to an activating group) is 1. The predicted octanol–water partition coefficient (Wildman–Crippen LogP) is 1.27. The van der Waals surface area contributed by atoms with Gasteiger partial charge in [0.2, 0.25) is 0 Å². The zero-order valence-corrected chi connectivity index (χ0v) is 8.30. The van der Waals surface area contributed by atoms with Crippen LogP contribution >= 0.6 is 11.6 Å². The van der Waals surface area contributed by atoms with Crippen molar-refractivity contribution in [3.63, 3.8) is 0 Å². The summed E-state index contributed by atoms with van der Waals surface area (Å²) in [5, 5.41) is 8.07. The third kappa shape index (κ3) is 1.31. The van der Waals surface area contributed by atoms with Gasteiger partial charge in [0.1, 0.15) is 12.3 Å². The quantitative estimate of drug-likeness (QED) is 0.631. The number of fused-ring (bicyclic) bond motifs is 1. The fourth-order valence-corrected chi connectivity index (χ4v) is 1.63. The highest BCUT2D eigenvalue weighted by Gasteiger charge is 2.21. The Hall–Kier alpha value is -1.03. The summed E-state index contributed by atoms with van der Waals surface area (Å²) in [7, 11) is 1.99. The van der Waals surface area contributed by atoms with Crippen LogP contribution in [0, 0.1) is 6.92 Å². The summed E-state index contributed by atoms with van der Waals surface area (Å²) in [6, 6.07) is 0. The molecule has 0 amide bonds. The standard InChI is InChI=1S/C8H10ClN3O/c1-5-6-7(8(9)11-10-5)13-4-3-12(6)2/h3-4H2,1-2H3. The molecule has 1 aromatic rings. The second-order valence-electron chi connectivity index (χ2n) is 3.02. The summed E-state index contributed by atoms with van der Waals surface area (Å²) < 4.78 is 5.43. The Morgan fingerprint density at radius 3 is 2.92 bits per heavy atom. The van der Waals surface area contributed by atoms with Gasteiger partial charge in [0.15, 0.2) is 10.9 Å². The third-order valence-corrected chi connectivity index (χ3v) is 2.33. The van der Waals surface area contributed by atoms with Crippen LogP contribution in [0.4, 0.5) is 5.69 Å². The summed E-state index contributed by atoms with van der Waals surface area (Å²) in [5.41, 5.74) is 1.80. The van der Waals surface area contributed by atoms with E-state index >= 15 is 0 Å². The Labute approximate surface area is 81.5 Å². The van der Waals surface area contributed by atoms with Crippen LogP contribution in [0.25, 0.3) is 0 Å². The van der Waals surface area contributed by atoms with E-state index in [0.717, 1.165) is 17.9 Å². The Morgan fingerprint density at radius 1 is 1.46 bits per heavy atom. The molecular weight excluding hydrogens is 190 g/mol. The van der Waals surface area contributed by atoms with E-state index in [1.54, 1.807) is 0 Å². The van der Waals surface area contributed by atoms with Gasteiger partial charge in [0.25, 0.3) is 0 Å². The van der Waals surface area contributed by atoms with Crippen LogP contribution in [0.15, 0.2) is 0 Å². The van der Waals surface area contributed by atoms with Crippen LogP contribution < -0.4 is 9.64 Å². The number of aromatic nitrogens is 2. The minimum Gasteiger partial charge on any atom is -0.486 e. The minimum absolute atomic E-state index is 0.340. The van der Waals surface area contributed by atoms with Crippen LogP contribution in [-0.4, -0.2) is 30.4 Å². The van der Waals surface area contributed by atoms with Gasteiger partial charge in [-0.1, -0.05) is 11.6 Å². The number of anilines is 1. The van der Waals surface area contributed by atoms with Crippen molar-refractivity contribution >= 4 is 17.3 Å². The van der Waals surface area contributed by atoms with E-state index < -0.39 is 0 Å². The summed E-state index contributed by atoms with van der Waals surface area (Å²) in [6.45, 7) is 3.40. The van der Waals surface area contributed by atoms with Gasteiger partial charge in [0.05, 0.1) is 12.2 Å². The fourth-order valence-electron chi connectivity index (χ4n) is 1.45. The summed E-state index contributed by atoms with van der Waals surface area (Å²) in [5.74, 6) is 0.655. The monoisotopic (exact) mass is 199 g/mol. The van der Waals surface area contributed by atoms with E-state index in [-0.39, 0.29) is 0 Å².